The monoisotopic (exact) mass is 369 g/mol. The van der Waals surface area contributed by atoms with Crippen molar-refractivity contribution in [1.29, 1.82) is 0 Å². The molecule has 1 amide bonds. The number of carbonyl (C=O) groups excluding carboxylic acids is 1. The average Bonchev–Trinajstić information content (AvgIpc) is 3.17. The van der Waals surface area contributed by atoms with Crippen LogP contribution in [0.5, 0.6) is 0 Å². The first-order chi connectivity index (χ1) is 12.7. The summed E-state index contributed by atoms with van der Waals surface area (Å²) in [5.41, 5.74) is 0.974. The highest BCUT2D eigenvalue weighted by Gasteiger charge is 2.26. The summed E-state index contributed by atoms with van der Waals surface area (Å²) >= 11 is 1.37. The van der Waals surface area contributed by atoms with E-state index < -0.39 is 0 Å². The first kappa shape index (κ1) is 16.9. The van der Waals surface area contributed by atoms with Gasteiger partial charge in [0.1, 0.15) is 5.56 Å². The third-order valence-electron chi connectivity index (χ3n) is 4.63. The van der Waals surface area contributed by atoms with Gasteiger partial charge in [-0.3, -0.25) is 14.0 Å². The second-order valence-corrected chi connectivity index (χ2v) is 7.19. The number of fused-ring (bicyclic) bond motifs is 1. The summed E-state index contributed by atoms with van der Waals surface area (Å²) in [5, 5.41) is 1.79. The first-order valence-electron chi connectivity index (χ1n) is 8.62. The van der Waals surface area contributed by atoms with E-state index in [1.165, 1.54) is 21.9 Å². The van der Waals surface area contributed by atoms with Gasteiger partial charge < -0.3 is 9.64 Å². The van der Waals surface area contributed by atoms with Crippen LogP contribution in [0.2, 0.25) is 0 Å². The number of ether oxygens (including phenoxy) is 1. The van der Waals surface area contributed by atoms with Crippen LogP contribution in [-0.4, -0.2) is 39.4 Å². The molecular weight excluding hydrogens is 350 g/mol. The summed E-state index contributed by atoms with van der Waals surface area (Å²) in [6.45, 7) is 1.76. The average molecular weight is 369 g/mol. The fourth-order valence-electron chi connectivity index (χ4n) is 3.16. The first-order valence-corrected chi connectivity index (χ1v) is 9.50. The highest BCUT2D eigenvalue weighted by atomic mass is 32.1. The summed E-state index contributed by atoms with van der Waals surface area (Å²) in [7, 11) is 0. The summed E-state index contributed by atoms with van der Waals surface area (Å²) in [6.07, 6.45) is 4.73. The molecule has 3 aromatic rings. The van der Waals surface area contributed by atoms with E-state index in [0.29, 0.717) is 24.7 Å². The molecule has 3 heterocycles. The van der Waals surface area contributed by atoms with Crippen molar-refractivity contribution in [3.63, 3.8) is 0 Å². The number of amides is 1. The zero-order chi connectivity index (χ0) is 17.9. The van der Waals surface area contributed by atoms with Crippen molar-refractivity contribution in [3.8, 4) is 0 Å². The lowest BCUT2D eigenvalue weighted by atomic mass is 10.1. The lowest BCUT2D eigenvalue weighted by Gasteiger charge is -2.31. The zero-order valence-corrected chi connectivity index (χ0v) is 15.0. The van der Waals surface area contributed by atoms with Gasteiger partial charge in [-0.05, 0) is 18.4 Å². The standard InChI is InChI=1S/C19H19N3O3S/c23-17(16-12-20-19-22(18(16)24)10-11-26-19)21-8-6-15(7-9-21)25-13-14-4-2-1-3-5-14/h1-5,10-12,15H,6-9,13H2. The Balaban J connectivity index is 1.37. The molecule has 0 spiro atoms. The fourth-order valence-corrected chi connectivity index (χ4v) is 3.83. The smallest absolute Gasteiger partial charge is 0.271 e. The Morgan fingerprint density at radius 2 is 2.00 bits per heavy atom. The van der Waals surface area contributed by atoms with E-state index in [2.05, 4.69) is 4.98 Å². The SMILES string of the molecule is O=C(c1cnc2sccn2c1=O)N1CCC(OCc2ccccc2)CC1. The van der Waals surface area contributed by atoms with Gasteiger partial charge in [0.05, 0.1) is 12.7 Å². The molecule has 1 aromatic carbocycles. The number of piperidine rings is 1. The highest BCUT2D eigenvalue weighted by Crippen LogP contribution is 2.17. The molecule has 1 saturated heterocycles. The number of aromatic nitrogens is 2. The van der Waals surface area contributed by atoms with Gasteiger partial charge in [-0.15, -0.1) is 11.3 Å². The van der Waals surface area contributed by atoms with Crippen molar-refractivity contribution in [3.05, 3.63) is 69.6 Å². The van der Waals surface area contributed by atoms with Crippen LogP contribution in [0.3, 0.4) is 0 Å². The van der Waals surface area contributed by atoms with Gasteiger partial charge in [-0.1, -0.05) is 30.3 Å². The highest BCUT2D eigenvalue weighted by molar-refractivity contribution is 7.15. The molecule has 6 nitrogen and oxygen atoms in total. The van der Waals surface area contributed by atoms with E-state index in [0.717, 1.165) is 18.4 Å². The van der Waals surface area contributed by atoms with Crippen LogP contribution >= 0.6 is 11.3 Å². The number of thiazole rings is 1. The van der Waals surface area contributed by atoms with Gasteiger partial charge in [0, 0.05) is 30.9 Å². The molecule has 4 rings (SSSR count). The molecule has 0 aliphatic carbocycles. The molecule has 0 saturated carbocycles. The largest absolute Gasteiger partial charge is 0.373 e. The molecule has 0 N–H and O–H groups in total. The summed E-state index contributed by atoms with van der Waals surface area (Å²) in [5.74, 6) is -0.246. The minimum atomic E-state index is -0.302. The van der Waals surface area contributed by atoms with Crippen molar-refractivity contribution in [2.75, 3.05) is 13.1 Å². The minimum absolute atomic E-state index is 0.129. The van der Waals surface area contributed by atoms with Crippen LogP contribution in [0.15, 0.2) is 52.9 Å². The van der Waals surface area contributed by atoms with E-state index in [9.17, 15) is 9.59 Å². The molecule has 26 heavy (non-hydrogen) atoms. The predicted molar refractivity (Wildman–Crippen MR) is 99.5 cm³/mol. The van der Waals surface area contributed by atoms with Crippen molar-refractivity contribution < 1.29 is 9.53 Å². The molecule has 134 valence electrons. The van der Waals surface area contributed by atoms with E-state index in [-0.39, 0.29) is 23.1 Å². The quantitative estimate of drug-likeness (QED) is 0.709. The number of rotatable bonds is 4. The molecule has 2 aromatic heterocycles. The maximum atomic E-state index is 12.7. The Labute approximate surface area is 154 Å². The van der Waals surface area contributed by atoms with E-state index in [4.69, 9.17) is 4.74 Å². The van der Waals surface area contributed by atoms with Gasteiger partial charge in [-0.2, -0.15) is 0 Å². The Bertz CT molecular complexity index is 959. The summed E-state index contributed by atoms with van der Waals surface area (Å²) < 4.78 is 7.38. The maximum Gasteiger partial charge on any atom is 0.271 e. The molecule has 1 aliphatic heterocycles. The number of nitrogens with zero attached hydrogens (tertiary/aromatic N) is 3. The van der Waals surface area contributed by atoms with Crippen molar-refractivity contribution in [2.24, 2.45) is 0 Å². The summed E-state index contributed by atoms with van der Waals surface area (Å²) in [4.78, 5) is 31.7. The predicted octanol–water partition coefficient (Wildman–Crippen LogP) is 2.58. The number of likely N-dealkylation sites (tertiary alicyclic amines) is 1. The second kappa shape index (κ2) is 7.39. The van der Waals surface area contributed by atoms with E-state index in [1.54, 1.807) is 16.5 Å². The van der Waals surface area contributed by atoms with Gasteiger partial charge >= 0.3 is 0 Å². The Hall–Kier alpha value is -2.51. The number of hydrogen-bond acceptors (Lipinski definition) is 5. The van der Waals surface area contributed by atoms with Gasteiger partial charge in [0.2, 0.25) is 0 Å². The lowest BCUT2D eigenvalue weighted by Crippen LogP contribution is -2.42. The lowest BCUT2D eigenvalue weighted by molar-refractivity contribution is -0.000428. The zero-order valence-electron chi connectivity index (χ0n) is 14.2. The van der Waals surface area contributed by atoms with Crippen LogP contribution in [0.4, 0.5) is 0 Å². The number of carbonyl (C=O) groups is 1. The molecule has 0 atom stereocenters. The third-order valence-corrected chi connectivity index (χ3v) is 5.40. The van der Waals surface area contributed by atoms with Gasteiger partial charge in [-0.25, -0.2) is 4.98 Å². The fraction of sp³-hybridized carbons (Fsp3) is 0.316. The molecule has 7 heteroatoms. The number of hydrogen-bond donors (Lipinski definition) is 0. The Morgan fingerprint density at radius 3 is 2.77 bits per heavy atom. The topological polar surface area (TPSA) is 63.9 Å². The van der Waals surface area contributed by atoms with Gasteiger partial charge in [0.15, 0.2) is 4.96 Å². The Morgan fingerprint density at radius 1 is 1.23 bits per heavy atom. The molecular formula is C19H19N3O3S. The molecule has 1 fully saturated rings. The minimum Gasteiger partial charge on any atom is -0.373 e. The van der Waals surface area contributed by atoms with Crippen molar-refractivity contribution in [2.45, 2.75) is 25.6 Å². The van der Waals surface area contributed by atoms with E-state index >= 15 is 0 Å². The van der Waals surface area contributed by atoms with Crippen LogP contribution < -0.4 is 5.56 Å². The van der Waals surface area contributed by atoms with Crippen molar-refractivity contribution in [1.82, 2.24) is 14.3 Å². The molecule has 0 unspecified atom stereocenters. The molecule has 0 bridgehead atoms. The van der Waals surface area contributed by atoms with E-state index in [1.807, 2.05) is 30.3 Å². The normalized spacial score (nSPS) is 15.5. The van der Waals surface area contributed by atoms with Crippen molar-refractivity contribution >= 4 is 22.2 Å². The van der Waals surface area contributed by atoms with Crippen LogP contribution in [0.1, 0.15) is 28.8 Å². The number of benzene rings is 1. The molecule has 1 aliphatic rings. The third kappa shape index (κ3) is 3.40. The Kier molecular flexibility index (Phi) is 4.81. The maximum absolute atomic E-state index is 12.7. The molecule has 0 radical (unpaired) electrons. The van der Waals surface area contributed by atoms with Gasteiger partial charge in [0.25, 0.3) is 11.5 Å². The van der Waals surface area contributed by atoms with Crippen LogP contribution in [-0.2, 0) is 11.3 Å². The second-order valence-electron chi connectivity index (χ2n) is 6.32. The van der Waals surface area contributed by atoms with Crippen LogP contribution in [0.25, 0.3) is 4.96 Å². The van der Waals surface area contributed by atoms with Crippen LogP contribution in [0, 0.1) is 0 Å². The summed E-state index contributed by atoms with van der Waals surface area (Å²) in [6, 6.07) is 10.1.